The van der Waals surface area contributed by atoms with Gasteiger partial charge in [-0.05, 0) is 54.8 Å². The Bertz CT molecular complexity index is 728. The molecule has 0 aromatic heterocycles. The molecule has 1 heterocycles. The van der Waals surface area contributed by atoms with Crippen LogP contribution in [0.15, 0.2) is 42.5 Å². The Morgan fingerprint density at radius 3 is 2.68 bits per heavy atom. The first-order valence-electron chi connectivity index (χ1n) is 8.18. The molecule has 2 aromatic carbocycles. The third-order valence-electron chi connectivity index (χ3n) is 4.03. The fourth-order valence-electron chi connectivity index (χ4n) is 2.61. The molecule has 1 aliphatic heterocycles. The molecule has 0 unspecified atom stereocenters. The maximum atomic E-state index is 12.2. The Morgan fingerprint density at radius 1 is 1.20 bits per heavy atom. The fraction of sp³-hybridized carbons (Fsp3) is 0.316. The maximum absolute atomic E-state index is 12.2. The highest BCUT2D eigenvalue weighted by atomic mass is 35.5. The highest BCUT2D eigenvalue weighted by Gasteiger charge is 2.16. The quantitative estimate of drug-likeness (QED) is 0.804. The Hall–Kier alpha value is -1.75. The molecule has 0 aliphatic carbocycles. The highest BCUT2D eigenvalue weighted by molar-refractivity contribution is 6.35. The van der Waals surface area contributed by atoms with Gasteiger partial charge >= 0.3 is 0 Å². The van der Waals surface area contributed by atoms with Crippen molar-refractivity contribution in [1.82, 2.24) is 5.32 Å². The third kappa shape index (κ3) is 5.11. The number of carbonyl (C=O) groups excluding carboxylic acids is 1. The van der Waals surface area contributed by atoms with Crippen molar-refractivity contribution in [3.63, 3.8) is 0 Å². The molecule has 1 N–H and O–H groups in total. The summed E-state index contributed by atoms with van der Waals surface area (Å²) in [5.74, 6) is 0.560. The first-order chi connectivity index (χ1) is 12.1. The second-order valence-electron chi connectivity index (χ2n) is 5.89. The van der Waals surface area contributed by atoms with Crippen molar-refractivity contribution in [3.05, 3.63) is 63.6 Å². The van der Waals surface area contributed by atoms with Gasteiger partial charge in [-0.1, -0.05) is 29.3 Å². The molecule has 1 saturated heterocycles. The van der Waals surface area contributed by atoms with E-state index in [2.05, 4.69) is 5.32 Å². The van der Waals surface area contributed by atoms with Crippen molar-refractivity contribution >= 4 is 29.1 Å². The second-order valence-corrected chi connectivity index (χ2v) is 6.73. The van der Waals surface area contributed by atoms with E-state index < -0.39 is 0 Å². The number of ether oxygens (including phenoxy) is 2. The zero-order valence-corrected chi connectivity index (χ0v) is 15.1. The first-order valence-corrected chi connectivity index (χ1v) is 8.94. The third-order valence-corrected chi connectivity index (χ3v) is 4.62. The lowest BCUT2D eigenvalue weighted by Crippen LogP contribution is -2.23. The van der Waals surface area contributed by atoms with E-state index in [4.69, 9.17) is 32.7 Å². The van der Waals surface area contributed by atoms with Crippen LogP contribution in [-0.4, -0.2) is 25.2 Å². The normalized spacial score (nSPS) is 16.6. The van der Waals surface area contributed by atoms with Gasteiger partial charge in [0.2, 0.25) is 0 Å². The summed E-state index contributed by atoms with van der Waals surface area (Å²) in [6, 6.07) is 12.3. The summed E-state index contributed by atoms with van der Waals surface area (Å²) >= 11 is 12.0. The molecule has 0 bridgehead atoms. The van der Waals surface area contributed by atoms with Gasteiger partial charge in [-0.15, -0.1) is 0 Å². The highest BCUT2D eigenvalue weighted by Crippen LogP contribution is 2.21. The Labute approximate surface area is 157 Å². The number of carbonyl (C=O) groups is 1. The van der Waals surface area contributed by atoms with Crippen molar-refractivity contribution in [2.45, 2.75) is 25.5 Å². The van der Waals surface area contributed by atoms with E-state index in [1.54, 1.807) is 42.5 Å². The van der Waals surface area contributed by atoms with E-state index in [-0.39, 0.29) is 12.0 Å². The van der Waals surface area contributed by atoms with Gasteiger partial charge in [0.25, 0.3) is 5.91 Å². The minimum Gasteiger partial charge on any atom is -0.491 e. The first kappa shape index (κ1) is 18.1. The molecule has 1 atom stereocenters. The van der Waals surface area contributed by atoms with Gasteiger partial charge in [0.05, 0.1) is 6.10 Å². The molecule has 3 rings (SSSR count). The van der Waals surface area contributed by atoms with Gasteiger partial charge in [-0.25, -0.2) is 0 Å². The molecule has 0 radical (unpaired) electrons. The number of rotatable bonds is 6. The lowest BCUT2D eigenvalue weighted by molar-refractivity contribution is 0.0679. The van der Waals surface area contributed by atoms with E-state index in [0.717, 1.165) is 30.8 Å². The van der Waals surface area contributed by atoms with Crippen molar-refractivity contribution in [1.29, 1.82) is 0 Å². The maximum Gasteiger partial charge on any atom is 0.251 e. The second kappa shape index (κ2) is 8.56. The average Bonchev–Trinajstić information content (AvgIpc) is 3.13. The van der Waals surface area contributed by atoms with Crippen LogP contribution in [0.5, 0.6) is 5.75 Å². The molecular weight excluding hydrogens is 361 g/mol. The van der Waals surface area contributed by atoms with Crippen LogP contribution in [0, 0.1) is 0 Å². The van der Waals surface area contributed by atoms with E-state index in [1.807, 2.05) is 0 Å². The minimum atomic E-state index is -0.170. The number of amides is 1. The van der Waals surface area contributed by atoms with Gasteiger partial charge in [0, 0.05) is 28.8 Å². The van der Waals surface area contributed by atoms with E-state index in [9.17, 15) is 4.79 Å². The molecule has 2 aromatic rings. The van der Waals surface area contributed by atoms with Crippen LogP contribution in [0.25, 0.3) is 0 Å². The average molecular weight is 380 g/mol. The molecule has 4 nitrogen and oxygen atoms in total. The summed E-state index contributed by atoms with van der Waals surface area (Å²) in [5, 5.41) is 3.95. The number of benzene rings is 2. The van der Waals surface area contributed by atoms with Crippen molar-refractivity contribution in [2.24, 2.45) is 0 Å². The number of hydrogen-bond donors (Lipinski definition) is 1. The Morgan fingerprint density at radius 2 is 2.00 bits per heavy atom. The lowest BCUT2D eigenvalue weighted by Gasteiger charge is -2.12. The summed E-state index contributed by atoms with van der Waals surface area (Å²) in [6.45, 7) is 1.69. The molecule has 0 spiro atoms. The standard InChI is InChI=1S/C19H19Cl2NO3/c20-15-6-3-14(18(21)10-15)11-22-19(23)13-4-7-16(8-5-13)25-12-17-2-1-9-24-17/h3-8,10,17H,1-2,9,11-12H2,(H,22,23)/t17-/m1/s1. The number of halogens is 2. The summed E-state index contributed by atoms with van der Waals surface area (Å²) in [4.78, 5) is 12.2. The summed E-state index contributed by atoms with van der Waals surface area (Å²) in [7, 11) is 0. The molecule has 6 heteroatoms. The van der Waals surface area contributed by atoms with E-state index in [1.165, 1.54) is 0 Å². The van der Waals surface area contributed by atoms with Gasteiger partial charge < -0.3 is 14.8 Å². The Kier molecular flexibility index (Phi) is 6.19. The fourth-order valence-corrected chi connectivity index (χ4v) is 3.09. The van der Waals surface area contributed by atoms with Gasteiger partial charge in [-0.3, -0.25) is 4.79 Å². The van der Waals surface area contributed by atoms with Gasteiger partial charge in [0.1, 0.15) is 12.4 Å². The number of hydrogen-bond acceptors (Lipinski definition) is 3. The monoisotopic (exact) mass is 379 g/mol. The smallest absolute Gasteiger partial charge is 0.251 e. The largest absolute Gasteiger partial charge is 0.491 e. The van der Waals surface area contributed by atoms with Crippen molar-refractivity contribution in [3.8, 4) is 5.75 Å². The van der Waals surface area contributed by atoms with Crippen LogP contribution in [0.2, 0.25) is 10.0 Å². The van der Waals surface area contributed by atoms with E-state index >= 15 is 0 Å². The predicted molar refractivity (Wildman–Crippen MR) is 98.5 cm³/mol. The summed E-state index contributed by atoms with van der Waals surface area (Å²) < 4.78 is 11.2. The van der Waals surface area contributed by atoms with Crippen molar-refractivity contribution in [2.75, 3.05) is 13.2 Å². The Balaban J connectivity index is 1.51. The zero-order valence-electron chi connectivity index (χ0n) is 13.6. The molecule has 1 amide bonds. The van der Waals surface area contributed by atoms with Crippen LogP contribution >= 0.6 is 23.2 Å². The SMILES string of the molecule is O=C(NCc1ccc(Cl)cc1Cl)c1ccc(OC[C@H]2CCCO2)cc1. The van der Waals surface area contributed by atoms with Crippen LogP contribution in [0.1, 0.15) is 28.8 Å². The van der Waals surface area contributed by atoms with E-state index in [0.29, 0.717) is 28.8 Å². The summed E-state index contributed by atoms with van der Waals surface area (Å²) in [5.41, 5.74) is 1.38. The van der Waals surface area contributed by atoms with Crippen LogP contribution < -0.4 is 10.1 Å². The number of nitrogens with one attached hydrogen (secondary N) is 1. The van der Waals surface area contributed by atoms with Gasteiger partial charge in [-0.2, -0.15) is 0 Å². The lowest BCUT2D eigenvalue weighted by atomic mass is 10.2. The topological polar surface area (TPSA) is 47.6 Å². The minimum absolute atomic E-state index is 0.170. The van der Waals surface area contributed by atoms with Gasteiger partial charge in [0.15, 0.2) is 0 Å². The molecule has 1 aliphatic rings. The van der Waals surface area contributed by atoms with Crippen LogP contribution in [0.3, 0.4) is 0 Å². The molecule has 25 heavy (non-hydrogen) atoms. The van der Waals surface area contributed by atoms with Crippen LogP contribution in [0.4, 0.5) is 0 Å². The molecule has 1 fully saturated rings. The summed E-state index contributed by atoms with van der Waals surface area (Å²) in [6.07, 6.45) is 2.30. The zero-order chi connectivity index (χ0) is 17.6. The molecular formula is C19H19Cl2NO3. The van der Waals surface area contributed by atoms with Crippen LogP contribution in [-0.2, 0) is 11.3 Å². The predicted octanol–water partition coefficient (Wildman–Crippen LogP) is 4.48. The molecule has 132 valence electrons. The van der Waals surface area contributed by atoms with Crippen molar-refractivity contribution < 1.29 is 14.3 Å². The molecule has 0 saturated carbocycles.